The molecule has 0 rings (SSSR count). The highest BCUT2D eigenvalue weighted by atomic mass is 15.0. The summed E-state index contributed by atoms with van der Waals surface area (Å²) in [5, 5.41) is 7.18. The van der Waals surface area contributed by atoms with E-state index in [-0.39, 0.29) is 5.54 Å². The maximum Gasteiger partial charge on any atom is 0.00989 e. The first-order valence-electron chi connectivity index (χ1n) is 6.40. The van der Waals surface area contributed by atoms with E-state index in [9.17, 15) is 0 Å². The molecular formula is C13H30N2. The Hall–Kier alpha value is -0.0800. The average molecular weight is 214 g/mol. The SMILES string of the molecule is CCC(CC)NCCC(C)NC(C)(C)C. The Bertz CT molecular complexity index is 145. The second-order valence-electron chi connectivity index (χ2n) is 5.55. The molecule has 0 radical (unpaired) electrons. The van der Waals surface area contributed by atoms with Crippen LogP contribution in [0.1, 0.15) is 60.8 Å². The predicted octanol–water partition coefficient (Wildman–Crippen LogP) is 2.93. The number of hydrogen-bond acceptors (Lipinski definition) is 2. The van der Waals surface area contributed by atoms with Crippen LogP contribution in [0.15, 0.2) is 0 Å². The lowest BCUT2D eigenvalue weighted by molar-refractivity contribution is 0.349. The Kier molecular flexibility index (Phi) is 7.20. The van der Waals surface area contributed by atoms with Gasteiger partial charge in [-0.15, -0.1) is 0 Å². The zero-order valence-corrected chi connectivity index (χ0v) is 11.5. The standard InChI is InChI=1S/C13H30N2/c1-7-12(8-2)14-10-9-11(3)15-13(4,5)6/h11-12,14-15H,7-10H2,1-6H3. The van der Waals surface area contributed by atoms with Gasteiger partial charge in [-0.2, -0.15) is 0 Å². The molecule has 0 bridgehead atoms. The average Bonchev–Trinajstić information content (AvgIpc) is 2.09. The first-order chi connectivity index (χ1) is 6.89. The fraction of sp³-hybridized carbons (Fsp3) is 1.00. The van der Waals surface area contributed by atoms with Crippen LogP contribution in [0.25, 0.3) is 0 Å². The Labute approximate surface area is 96.2 Å². The monoisotopic (exact) mass is 214 g/mol. The number of nitrogens with one attached hydrogen (secondary N) is 2. The van der Waals surface area contributed by atoms with Crippen molar-refractivity contribution in [1.82, 2.24) is 10.6 Å². The highest BCUT2D eigenvalue weighted by molar-refractivity contribution is 4.76. The van der Waals surface area contributed by atoms with Crippen LogP contribution in [0.5, 0.6) is 0 Å². The summed E-state index contributed by atoms with van der Waals surface area (Å²) in [6.45, 7) is 14.5. The predicted molar refractivity (Wildman–Crippen MR) is 69.3 cm³/mol. The van der Waals surface area contributed by atoms with Gasteiger partial charge in [0.1, 0.15) is 0 Å². The molecule has 0 aliphatic heterocycles. The summed E-state index contributed by atoms with van der Waals surface area (Å²) >= 11 is 0. The van der Waals surface area contributed by atoms with Crippen LogP contribution < -0.4 is 10.6 Å². The maximum absolute atomic E-state index is 3.60. The molecule has 0 amide bonds. The van der Waals surface area contributed by atoms with Gasteiger partial charge in [-0.1, -0.05) is 13.8 Å². The van der Waals surface area contributed by atoms with Crippen LogP contribution in [-0.4, -0.2) is 24.2 Å². The second-order valence-corrected chi connectivity index (χ2v) is 5.55. The van der Waals surface area contributed by atoms with Gasteiger partial charge in [-0.05, 0) is 53.5 Å². The van der Waals surface area contributed by atoms with Gasteiger partial charge < -0.3 is 10.6 Å². The van der Waals surface area contributed by atoms with Crippen molar-refractivity contribution < 1.29 is 0 Å². The van der Waals surface area contributed by atoms with E-state index in [0.717, 1.165) is 6.54 Å². The fourth-order valence-corrected chi connectivity index (χ4v) is 1.89. The molecule has 0 heterocycles. The lowest BCUT2D eigenvalue weighted by atomic mass is 10.1. The zero-order chi connectivity index (χ0) is 11.9. The van der Waals surface area contributed by atoms with Gasteiger partial charge in [0.2, 0.25) is 0 Å². The fourth-order valence-electron chi connectivity index (χ4n) is 1.89. The lowest BCUT2D eigenvalue weighted by Crippen LogP contribution is -2.43. The molecule has 0 aliphatic carbocycles. The molecule has 2 N–H and O–H groups in total. The first kappa shape index (κ1) is 14.9. The van der Waals surface area contributed by atoms with E-state index < -0.39 is 0 Å². The quantitative estimate of drug-likeness (QED) is 0.681. The van der Waals surface area contributed by atoms with Crippen LogP contribution in [0.2, 0.25) is 0 Å². The molecule has 2 heteroatoms. The molecule has 0 saturated carbocycles. The van der Waals surface area contributed by atoms with Gasteiger partial charge >= 0.3 is 0 Å². The summed E-state index contributed by atoms with van der Waals surface area (Å²) in [4.78, 5) is 0. The third kappa shape index (κ3) is 8.88. The van der Waals surface area contributed by atoms with E-state index in [1.54, 1.807) is 0 Å². The highest BCUT2D eigenvalue weighted by Gasteiger charge is 2.13. The number of rotatable bonds is 7. The summed E-state index contributed by atoms with van der Waals surface area (Å²) in [6, 6.07) is 1.29. The van der Waals surface area contributed by atoms with Gasteiger partial charge in [0.15, 0.2) is 0 Å². The van der Waals surface area contributed by atoms with E-state index in [1.165, 1.54) is 19.3 Å². The summed E-state index contributed by atoms with van der Waals surface area (Å²) in [5.41, 5.74) is 0.230. The van der Waals surface area contributed by atoms with Crippen LogP contribution in [0, 0.1) is 0 Å². The molecule has 0 aromatic rings. The van der Waals surface area contributed by atoms with Gasteiger partial charge in [-0.3, -0.25) is 0 Å². The summed E-state index contributed by atoms with van der Waals surface area (Å²) < 4.78 is 0. The maximum atomic E-state index is 3.60. The Balaban J connectivity index is 3.58. The second kappa shape index (κ2) is 7.24. The molecule has 0 aromatic heterocycles. The zero-order valence-electron chi connectivity index (χ0n) is 11.5. The van der Waals surface area contributed by atoms with Gasteiger partial charge in [0.25, 0.3) is 0 Å². The molecule has 0 saturated heterocycles. The van der Waals surface area contributed by atoms with Crippen molar-refractivity contribution in [3.8, 4) is 0 Å². The normalized spacial score (nSPS) is 14.6. The molecule has 1 unspecified atom stereocenters. The third-order valence-corrected chi connectivity index (χ3v) is 2.68. The molecule has 0 aliphatic rings. The van der Waals surface area contributed by atoms with Crippen molar-refractivity contribution in [3.63, 3.8) is 0 Å². The molecular weight excluding hydrogens is 184 g/mol. The van der Waals surface area contributed by atoms with Gasteiger partial charge in [-0.25, -0.2) is 0 Å². The van der Waals surface area contributed by atoms with Crippen LogP contribution in [-0.2, 0) is 0 Å². The molecule has 2 nitrogen and oxygen atoms in total. The molecule has 0 fully saturated rings. The topological polar surface area (TPSA) is 24.1 Å². The van der Waals surface area contributed by atoms with E-state index in [1.807, 2.05) is 0 Å². The minimum atomic E-state index is 0.230. The van der Waals surface area contributed by atoms with E-state index in [4.69, 9.17) is 0 Å². The van der Waals surface area contributed by atoms with Crippen molar-refractivity contribution in [1.29, 1.82) is 0 Å². The van der Waals surface area contributed by atoms with Crippen molar-refractivity contribution in [2.75, 3.05) is 6.54 Å². The van der Waals surface area contributed by atoms with E-state index >= 15 is 0 Å². The minimum absolute atomic E-state index is 0.230. The largest absolute Gasteiger partial charge is 0.314 e. The van der Waals surface area contributed by atoms with Crippen molar-refractivity contribution in [3.05, 3.63) is 0 Å². The Morgan fingerprint density at radius 1 is 1.07 bits per heavy atom. The Morgan fingerprint density at radius 2 is 1.60 bits per heavy atom. The lowest BCUT2D eigenvalue weighted by Gasteiger charge is -2.26. The van der Waals surface area contributed by atoms with Crippen LogP contribution >= 0.6 is 0 Å². The first-order valence-corrected chi connectivity index (χ1v) is 6.40. The van der Waals surface area contributed by atoms with Crippen LogP contribution in [0.4, 0.5) is 0 Å². The van der Waals surface area contributed by atoms with Crippen LogP contribution in [0.3, 0.4) is 0 Å². The molecule has 15 heavy (non-hydrogen) atoms. The third-order valence-electron chi connectivity index (χ3n) is 2.68. The molecule has 0 aromatic carbocycles. The number of hydrogen-bond donors (Lipinski definition) is 2. The van der Waals surface area contributed by atoms with E-state index in [0.29, 0.717) is 12.1 Å². The van der Waals surface area contributed by atoms with Crippen molar-refractivity contribution in [2.45, 2.75) is 78.4 Å². The smallest absolute Gasteiger partial charge is 0.00989 e. The minimum Gasteiger partial charge on any atom is -0.314 e. The van der Waals surface area contributed by atoms with Gasteiger partial charge in [0.05, 0.1) is 0 Å². The summed E-state index contributed by atoms with van der Waals surface area (Å²) in [5.74, 6) is 0. The molecule has 1 atom stereocenters. The van der Waals surface area contributed by atoms with Gasteiger partial charge in [0, 0.05) is 17.6 Å². The Morgan fingerprint density at radius 3 is 2.00 bits per heavy atom. The summed E-state index contributed by atoms with van der Waals surface area (Å²) in [7, 11) is 0. The molecule has 0 spiro atoms. The summed E-state index contributed by atoms with van der Waals surface area (Å²) in [6.07, 6.45) is 3.67. The van der Waals surface area contributed by atoms with Crippen molar-refractivity contribution in [2.24, 2.45) is 0 Å². The highest BCUT2D eigenvalue weighted by Crippen LogP contribution is 2.03. The van der Waals surface area contributed by atoms with E-state index in [2.05, 4.69) is 52.2 Å². The van der Waals surface area contributed by atoms with Crippen molar-refractivity contribution >= 4 is 0 Å². The molecule has 92 valence electrons.